The van der Waals surface area contributed by atoms with Gasteiger partial charge >= 0.3 is 5.97 Å². The van der Waals surface area contributed by atoms with Crippen LogP contribution in [-0.4, -0.2) is 40.2 Å². The number of carboxylic acids is 2. The lowest BCUT2D eigenvalue weighted by molar-refractivity contribution is -0.138. The van der Waals surface area contributed by atoms with Gasteiger partial charge in [-0.1, -0.05) is 0 Å². The average Bonchev–Trinajstić information content (AvgIpc) is 1.98. The number of aliphatic carboxylic acids is 2. The van der Waals surface area contributed by atoms with Crippen LogP contribution in [0.4, 0.5) is 0 Å². The van der Waals surface area contributed by atoms with E-state index in [9.17, 15) is 4.79 Å². The van der Waals surface area contributed by atoms with Gasteiger partial charge in [0.15, 0.2) is 0 Å². The lowest BCUT2D eigenvalue weighted by Gasteiger charge is -2.02. The van der Waals surface area contributed by atoms with Crippen molar-refractivity contribution in [2.24, 2.45) is 11.5 Å². The summed E-state index contributed by atoms with van der Waals surface area (Å²) >= 11 is 0. The Morgan fingerprint density at radius 2 is 1.71 bits per heavy atom. The highest BCUT2D eigenvalue weighted by Crippen LogP contribution is 1.91. The van der Waals surface area contributed by atoms with Crippen LogP contribution in [0.5, 0.6) is 0 Å². The Kier molecular flexibility index (Phi) is 15.7. The first-order valence-corrected chi connectivity index (χ1v) is 3.79. The van der Waals surface area contributed by atoms with Crippen LogP contribution in [-0.2, 0) is 9.59 Å². The Labute approximate surface area is 82.0 Å². The van der Waals surface area contributed by atoms with Crippen molar-refractivity contribution >= 4 is 11.9 Å². The van der Waals surface area contributed by atoms with Crippen molar-refractivity contribution in [1.82, 2.24) is 0 Å². The Morgan fingerprint density at radius 1 is 1.36 bits per heavy atom. The fourth-order valence-corrected chi connectivity index (χ4v) is 0.461. The summed E-state index contributed by atoms with van der Waals surface area (Å²) in [4.78, 5) is 19.0. The number of carbonyl (C=O) groups is 2. The molecule has 0 aliphatic carbocycles. The van der Waals surface area contributed by atoms with Gasteiger partial charge in [-0.05, 0) is 19.4 Å². The van der Waals surface area contributed by atoms with E-state index in [2.05, 4.69) is 0 Å². The molecule has 0 aromatic rings. The normalized spacial score (nSPS) is 10.2. The van der Waals surface area contributed by atoms with E-state index in [1.54, 1.807) is 0 Å². The molecule has 0 radical (unpaired) electrons. The minimum atomic E-state index is -0.955. The number of hydrogen-bond donors (Lipinski definition) is 4. The van der Waals surface area contributed by atoms with Crippen LogP contribution in [0, 0.1) is 0 Å². The summed E-state index contributed by atoms with van der Waals surface area (Å²) in [6.45, 7) is 1.58. The average molecular weight is 210 g/mol. The van der Waals surface area contributed by atoms with Crippen LogP contribution >= 0.6 is 0 Å². The van der Waals surface area contributed by atoms with Crippen molar-refractivity contribution in [1.29, 1.82) is 0 Å². The van der Waals surface area contributed by atoms with E-state index in [-0.39, 0.29) is 5.48 Å². The number of rotatable bonds is 4. The van der Waals surface area contributed by atoms with Crippen molar-refractivity contribution in [2.75, 3.05) is 6.54 Å². The van der Waals surface area contributed by atoms with E-state index in [0.717, 1.165) is 6.92 Å². The van der Waals surface area contributed by atoms with E-state index in [0.29, 0.717) is 19.4 Å². The monoisotopic (exact) mass is 210 g/mol. The predicted molar refractivity (Wildman–Crippen MR) is 50.8 cm³/mol. The van der Waals surface area contributed by atoms with E-state index < -0.39 is 18.0 Å². The number of carboxylic acid groups (broad SMARTS) is 2. The summed E-state index contributed by atoms with van der Waals surface area (Å²) in [7, 11) is 0. The maximum atomic E-state index is 10.0. The maximum Gasteiger partial charge on any atom is 0.320 e. The molecule has 0 heterocycles. The minimum Gasteiger partial charge on any atom is -0.481 e. The van der Waals surface area contributed by atoms with Gasteiger partial charge in [0.2, 0.25) is 0 Å². The van der Waals surface area contributed by atoms with Gasteiger partial charge in [-0.2, -0.15) is 0 Å². The molecule has 7 nitrogen and oxygen atoms in total. The molecule has 0 spiro atoms. The summed E-state index contributed by atoms with van der Waals surface area (Å²) in [6, 6.07) is -0.742. The maximum absolute atomic E-state index is 10.0. The van der Waals surface area contributed by atoms with Crippen molar-refractivity contribution in [3.05, 3.63) is 0 Å². The second-order valence-corrected chi connectivity index (χ2v) is 2.39. The molecule has 14 heavy (non-hydrogen) atoms. The van der Waals surface area contributed by atoms with Gasteiger partial charge in [0, 0.05) is 6.92 Å². The molecule has 1 atom stereocenters. The molecule has 0 aliphatic rings. The van der Waals surface area contributed by atoms with Crippen LogP contribution in [0.2, 0.25) is 0 Å². The summed E-state index contributed by atoms with van der Waals surface area (Å²) in [5.74, 6) is -1.79. The van der Waals surface area contributed by atoms with Gasteiger partial charge in [0.25, 0.3) is 5.97 Å². The molecule has 0 saturated heterocycles. The van der Waals surface area contributed by atoms with Gasteiger partial charge in [0.05, 0.1) is 0 Å². The highest BCUT2D eigenvalue weighted by atomic mass is 16.4. The first kappa shape index (κ1) is 18.6. The van der Waals surface area contributed by atoms with Crippen LogP contribution in [0.1, 0.15) is 19.8 Å². The van der Waals surface area contributed by atoms with Crippen molar-refractivity contribution < 1.29 is 25.3 Å². The zero-order valence-electron chi connectivity index (χ0n) is 8.06. The molecule has 0 rings (SSSR count). The second-order valence-electron chi connectivity index (χ2n) is 2.39. The zero-order chi connectivity index (χ0) is 10.9. The molecule has 0 amide bonds. The molecule has 0 unspecified atom stereocenters. The molecule has 0 aromatic carbocycles. The molecule has 0 fully saturated rings. The molecule has 8 N–H and O–H groups in total. The number of hydrogen-bond acceptors (Lipinski definition) is 4. The zero-order valence-corrected chi connectivity index (χ0v) is 8.06. The Balaban J connectivity index is -0.000000209. The molecule has 7 heteroatoms. The summed E-state index contributed by atoms with van der Waals surface area (Å²) < 4.78 is 0. The van der Waals surface area contributed by atoms with E-state index in [1.807, 2.05) is 0 Å². The van der Waals surface area contributed by atoms with Crippen LogP contribution in [0.25, 0.3) is 0 Å². The lowest BCUT2D eigenvalue weighted by atomic mass is 10.2. The van der Waals surface area contributed by atoms with Crippen molar-refractivity contribution in [2.45, 2.75) is 25.8 Å². The molecule has 0 bridgehead atoms. The molecule has 0 aromatic heterocycles. The predicted octanol–water partition coefficient (Wildman–Crippen LogP) is -1.60. The smallest absolute Gasteiger partial charge is 0.320 e. The molecule has 0 aliphatic heterocycles. The SMILES string of the molecule is CC(=O)O.NCCC[C@H](N)C(=O)O.O. The standard InChI is InChI=1S/C5H12N2O2.C2H4O2.H2O/c6-3-1-2-4(7)5(8)9;1-2(3)4;/h4H,1-3,6-7H2,(H,8,9);1H3,(H,3,4);1H2/t4-;;/m0../s1. The fraction of sp³-hybridized carbons (Fsp3) is 0.714. The lowest BCUT2D eigenvalue weighted by Crippen LogP contribution is -2.30. The minimum absolute atomic E-state index is 0. The Hall–Kier alpha value is -1.18. The quantitative estimate of drug-likeness (QED) is 0.437. The first-order chi connectivity index (χ1) is 5.91. The van der Waals surface area contributed by atoms with Gasteiger partial charge in [-0.15, -0.1) is 0 Å². The van der Waals surface area contributed by atoms with Crippen LogP contribution < -0.4 is 11.5 Å². The molecular formula is C7H18N2O5. The summed E-state index contributed by atoms with van der Waals surface area (Å²) in [5.41, 5.74) is 10.3. The third-order valence-corrected chi connectivity index (χ3v) is 1.04. The van der Waals surface area contributed by atoms with Crippen LogP contribution in [0.3, 0.4) is 0 Å². The molecule has 86 valence electrons. The molecular weight excluding hydrogens is 192 g/mol. The van der Waals surface area contributed by atoms with Gasteiger partial charge in [-0.25, -0.2) is 0 Å². The Bertz CT molecular complexity index is 158. The highest BCUT2D eigenvalue weighted by Gasteiger charge is 2.08. The van der Waals surface area contributed by atoms with Gasteiger partial charge in [-0.3, -0.25) is 9.59 Å². The second kappa shape index (κ2) is 11.8. The fourth-order valence-electron chi connectivity index (χ4n) is 0.461. The van der Waals surface area contributed by atoms with Crippen molar-refractivity contribution in [3.63, 3.8) is 0 Å². The van der Waals surface area contributed by atoms with E-state index in [1.165, 1.54) is 0 Å². The van der Waals surface area contributed by atoms with Crippen molar-refractivity contribution in [3.8, 4) is 0 Å². The summed E-state index contributed by atoms with van der Waals surface area (Å²) in [6.07, 6.45) is 1.14. The largest absolute Gasteiger partial charge is 0.481 e. The summed E-state index contributed by atoms with van der Waals surface area (Å²) in [5, 5.41) is 15.7. The van der Waals surface area contributed by atoms with Crippen LogP contribution in [0.15, 0.2) is 0 Å². The first-order valence-electron chi connectivity index (χ1n) is 3.79. The topological polar surface area (TPSA) is 158 Å². The van der Waals surface area contributed by atoms with Gasteiger partial charge < -0.3 is 27.2 Å². The third-order valence-electron chi connectivity index (χ3n) is 1.04. The van der Waals surface area contributed by atoms with E-state index in [4.69, 9.17) is 26.5 Å². The van der Waals surface area contributed by atoms with Gasteiger partial charge in [0.1, 0.15) is 6.04 Å². The third kappa shape index (κ3) is 22.4. The van der Waals surface area contributed by atoms with E-state index >= 15 is 0 Å². The molecule has 0 saturated carbocycles. The highest BCUT2D eigenvalue weighted by molar-refractivity contribution is 5.72. The Morgan fingerprint density at radius 3 is 1.93 bits per heavy atom. The number of nitrogens with two attached hydrogens (primary N) is 2.